The smallest absolute Gasteiger partial charge is 0.138 e. The summed E-state index contributed by atoms with van der Waals surface area (Å²) in [7, 11) is 0. The van der Waals surface area contributed by atoms with Crippen LogP contribution >= 0.6 is 0 Å². The number of pyridine rings is 2. The normalized spacial score (nSPS) is 11.6. The second-order valence-corrected chi connectivity index (χ2v) is 11.1. The highest BCUT2D eigenvalue weighted by atomic mass is 15.1. The van der Waals surface area contributed by atoms with E-state index in [0.717, 1.165) is 45.2 Å². The standard InChI is InChI=1S/C40H26N4/c1-3-13-27(14-4-1)33-19-11-20-34(41-33)35-21-12-24-38(42-35)44-37-23-10-8-18-30(37)32-26-25-31-29-17-7-9-22-36(29)43(39(31)40(32)44)28-15-5-2-6-16-28/h1-26H. The second kappa shape index (κ2) is 9.79. The van der Waals surface area contributed by atoms with Crippen molar-refractivity contribution in [3.8, 4) is 34.2 Å². The van der Waals surface area contributed by atoms with Gasteiger partial charge in [-0.15, -0.1) is 0 Å². The van der Waals surface area contributed by atoms with Crippen molar-refractivity contribution in [1.82, 2.24) is 19.1 Å². The van der Waals surface area contributed by atoms with Gasteiger partial charge in [0.15, 0.2) is 0 Å². The highest BCUT2D eigenvalue weighted by molar-refractivity contribution is 6.23. The molecule has 0 saturated heterocycles. The summed E-state index contributed by atoms with van der Waals surface area (Å²) in [5.74, 6) is 0.859. The fourth-order valence-electron chi connectivity index (χ4n) is 6.62. The molecule has 0 aliphatic carbocycles. The Hall–Kier alpha value is -6.00. The van der Waals surface area contributed by atoms with Gasteiger partial charge >= 0.3 is 0 Å². The van der Waals surface area contributed by atoms with Gasteiger partial charge in [-0.1, -0.05) is 109 Å². The largest absolute Gasteiger partial charge is 0.307 e. The van der Waals surface area contributed by atoms with E-state index in [1.807, 2.05) is 30.3 Å². The van der Waals surface area contributed by atoms with Crippen molar-refractivity contribution < 1.29 is 0 Å². The van der Waals surface area contributed by atoms with E-state index >= 15 is 0 Å². The van der Waals surface area contributed by atoms with Crippen molar-refractivity contribution in [3.05, 3.63) is 158 Å². The van der Waals surface area contributed by atoms with Crippen molar-refractivity contribution in [2.75, 3.05) is 0 Å². The van der Waals surface area contributed by atoms with E-state index in [1.54, 1.807) is 0 Å². The summed E-state index contributed by atoms with van der Waals surface area (Å²) in [5, 5.41) is 4.85. The lowest BCUT2D eigenvalue weighted by Crippen LogP contribution is -2.01. The van der Waals surface area contributed by atoms with Gasteiger partial charge in [0.1, 0.15) is 5.82 Å². The zero-order chi connectivity index (χ0) is 29.0. The number of fused-ring (bicyclic) bond motifs is 7. The molecule has 0 amide bonds. The van der Waals surface area contributed by atoms with Gasteiger partial charge in [-0.2, -0.15) is 0 Å². The molecule has 44 heavy (non-hydrogen) atoms. The van der Waals surface area contributed by atoms with Crippen molar-refractivity contribution in [1.29, 1.82) is 0 Å². The summed E-state index contributed by atoms with van der Waals surface area (Å²) in [6.07, 6.45) is 0. The molecule has 0 radical (unpaired) electrons. The molecule has 0 aliphatic heterocycles. The summed E-state index contributed by atoms with van der Waals surface area (Å²) >= 11 is 0. The first-order valence-corrected chi connectivity index (χ1v) is 14.9. The predicted molar refractivity (Wildman–Crippen MR) is 182 cm³/mol. The number of hydrogen-bond acceptors (Lipinski definition) is 2. The van der Waals surface area contributed by atoms with Gasteiger partial charge in [-0.05, 0) is 48.5 Å². The lowest BCUT2D eigenvalue weighted by molar-refractivity contribution is 1.07. The monoisotopic (exact) mass is 562 g/mol. The molecule has 0 aliphatic rings. The van der Waals surface area contributed by atoms with Crippen molar-refractivity contribution in [2.45, 2.75) is 0 Å². The molecule has 0 fully saturated rings. The van der Waals surface area contributed by atoms with E-state index in [9.17, 15) is 0 Å². The Labute approximate surface area is 254 Å². The summed E-state index contributed by atoms with van der Waals surface area (Å²) < 4.78 is 4.73. The maximum Gasteiger partial charge on any atom is 0.138 e. The average Bonchev–Trinajstić information content (AvgIpc) is 3.62. The van der Waals surface area contributed by atoms with Gasteiger partial charge < -0.3 is 4.57 Å². The highest BCUT2D eigenvalue weighted by Crippen LogP contribution is 2.41. The minimum absolute atomic E-state index is 0.835. The Balaban J connectivity index is 1.36. The molecule has 0 bridgehead atoms. The number of para-hydroxylation sites is 3. The molecule has 206 valence electrons. The van der Waals surface area contributed by atoms with E-state index in [-0.39, 0.29) is 0 Å². The van der Waals surface area contributed by atoms with Gasteiger partial charge in [0.2, 0.25) is 0 Å². The van der Waals surface area contributed by atoms with Crippen LogP contribution in [0.15, 0.2) is 158 Å². The zero-order valence-corrected chi connectivity index (χ0v) is 23.8. The third-order valence-electron chi connectivity index (χ3n) is 8.53. The van der Waals surface area contributed by atoms with Crippen molar-refractivity contribution in [3.63, 3.8) is 0 Å². The van der Waals surface area contributed by atoms with E-state index in [0.29, 0.717) is 0 Å². The Kier molecular flexibility index (Phi) is 5.47. The molecule has 4 heterocycles. The molecule has 9 rings (SSSR count). The maximum absolute atomic E-state index is 5.27. The van der Waals surface area contributed by atoms with Crippen LogP contribution in [0.4, 0.5) is 0 Å². The number of nitrogens with zero attached hydrogens (tertiary/aromatic N) is 4. The lowest BCUT2D eigenvalue weighted by atomic mass is 10.1. The van der Waals surface area contributed by atoms with E-state index in [1.165, 1.54) is 32.6 Å². The van der Waals surface area contributed by atoms with Crippen LogP contribution in [0.3, 0.4) is 0 Å². The van der Waals surface area contributed by atoms with Crippen LogP contribution in [0, 0.1) is 0 Å². The summed E-state index contributed by atoms with van der Waals surface area (Å²) in [5.41, 5.74) is 9.44. The van der Waals surface area contributed by atoms with Crippen LogP contribution < -0.4 is 0 Å². The Morgan fingerprint density at radius 3 is 1.57 bits per heavy atom. The molecule has 4 aromatic heterocycles. The SMILES string of the molecule is c1ccc(-c2cccc(-c3cccc(-n4c5ccccc5c5ccc6c7ccccc7n(-c7ccccc7)c6c54)n3)n2)cc1. The van der Waals surface area contributed by atoms with Crippen molar-refractivity contribution in [2.24, 2.45) is 0 Å². The van der Waals surface area contributed by atoms with E-state index < -0.39 is 0 Å². The van der Waals surface area contributed by atoms with Gasteiger partial charge in [0.25, 0.3) is 0 Å². The average molecular weight is 563 g/mol. The number of aromatic nitrogens is 4. The fourth-order valence-corrected chi connectivity index (χ4v) is 6.62. The number of hydrogen-bond donors (Lipinski definition) is 0. The fraction of sp³-hybridized carbons (Fsp3) is 0. The zero-order valence-electron chi connectivity index (χ0n) is 23.8. The number of rotatable bonds is 4. The minimum Gasteiger partial charge on any atom is -0.307 e. The third-order valence-corrected chi connectivity index (χ3v) is 8.53. The third kappa shape index (κ3) is 3.71. The molecule has 5 aromatic carbocycles. The van der Waals surface area contributed by atoms with Crippen LogP contribution in [0.5, 0.6) is 0 Å². The first-order valence-electron chi connectivity index (χ1n) is 14.9. The Morgan fingerprint density at radius 2 is 0.864 bits per heavy atom. The van der Waals surface area contributed by atoms with Crippen LogP contribution in [0.2, 0.25) is 0 Å². The van der Waals surface area contributed by atoms with Gasteiger partial charge in [0, 0.05) is 32.8 Å². The van der Waals surface area contributed by atoms with E-state index in [2.05, 4.69) is 137 Å². The molecular formula is C40H26N4. The van der Waals surface area contributed by atoms with Gasteiger partial charge in [-0.3, -0.25) is 4.57 Å². The summed E-state index contributed by atoms with van der Waals surface area (Å²) in [4.78, 5) is 10.3. The van der Waals surface area contributed by atoms with Crippen LogP contribution in [-0.2, 0) is 0 Å². The first kappa shape index (κ1) is 24.6. The number of benzene rings is 5. The summed E-state index contributed by atoms with van der Waals surface area (Å²) in [6.45, 7) is 0. The van der Waals surface area contributed by atoms with Crippen LogP contribution in [0.1, 0.15) is 0 Å². The highest BCUT2D eigenvalue weighted by Gasteiger charge is 2.21. The topological polar surface area (TPSA) is 35.6 Å². The summed E-state index contributed by atoms with van der Waals surface area (Å²) in [6, 6.07) is 55.2. The molecular weight excluding hydrogens is 536 g/mol. The van der Waals surface area contributed by atoms with Crippen LogP contribution in [0.25, 0.3) is 77.8 Å². The first-order chi connectivity index (χ1) is 21.8. The molecule has 0 unspecified atom stereocenters. The van der Waals surface area contributed by atoms with Gasteiger partial charge in [0.05, 0.1) is 39.1 Å². The molecule has 4 nitrogen and oxygen atoms in total. The molecule has 0 atom stereocenters. The Morgan fingerprint density at radius 1 is 0.341 bits per heavy atom. The second-order valence-electron chi connectivity index (χ2n) is 11.1. The molecule has 4 heteroatoms. The molecule has 9 aromatic rings. The maximum atomic E-state index is 5.27. The van der Waals surface area contributed by atoms with Crippen LogP contribution in [-0.4, -0.2) is 19.1 Å². The molecule has 0 saturated carbocycles. The quantitative estimate of drug-likeness (QED) is 0.214. The molecule has 0 N–H and O–H groups in total. The predicted octanol–water partition coefficient (Wildman–Crippen LogP) is 10.0. The molecule has 0 spiro atoms. The minimum atomic E-state index is 0.835. The Bertz CT molecular complexity index is 2490. The van der Waals surface area contributed by atoms with Crippen molar-refractivity contribution >= 4 is 43.6 Å². The van der Waals surface area contributed by atoms with Gasteiger partial charge in [-0.25, -0.2) is 9.97 Å². The lowest BCUT2D eigenvalue weighted by Gasteiger charge is -2.13. The van der Waals surface area contributed by atoms with E-state index in [4.69, 9.17) is 9.97 Å².